The lowest BCUT2D eigenvalue weighted by molar-refractivity contribution is -0.125. The Morgan fingerprint density at radius 2 is 1.86 bits per heavy atom. The molecule has 0 spiro atoms. The van der Waals surface area contributed by atoms with Gasteiger partial charge in [0.15, 0.2) is 0 Å². The topological polar surface area (TPSA) is 55.1 Å². The lowest BCUT2D eigenvalue weighted by atomic mass is 10.1. The van der Waals surface area contributed by atoms with Crippen molar-refractivity contribution < 1.29 is 13.6 Å². The van der Waals surface area contributed by atoms with E-state index < -0.39 is 23.8 Å². The summed E-state index contributed by atoms with van der Waals surface area (Å²) >= 11 is 1.48. The summed E-state index contributed by atoms with van der Waals surface area (Å²) in [4.78, 5) is 13.4. The average Bonchev–Trinajstić information content (AvgIpc) is 2.96. The van der Waals surface area contributed by atoms with Gasteiger partial charge in [0, 0.05) is 4.90 Å². The first-order valence-corrected chi connectivity index (χ1v) is 7.89. The molecule has 0 bridgehead atoms. The van der Waals surface area contributed by atoms with Gasteiger partial charge in [-0.1, -0.05) is 31.0 Å². The van der Waals surface area contributed by atoms with Crippen LogP contribution < -0.4 is 11.1 Å². The zero-order valence-corrected chi connectivity index (χ0v) is 13.8. The van der Waals surface area contributed by atoms with Crippen molar-refractivity contribution in [2.75, 3.05) is 13.1 Å². The molecule has 0 aromatic heterocycles. The molecule has 3 nitrogen and oxygen atoms in total. The molecule has 1 amide bonds. The van der Waals surface area contributed by atoms with Crippen molar-refractivity contribution in [1.82, 2.24) is 5.32 Å². The smallest absolute Gasteiger partial charge is 0.277 e. The van der Waals surface area contributed by atoms with Crippen molar-refractivity contribution in [3.05, 3.63) is 30.3 Å². The predicted octanol–water partition coefficient (Wildman–Crippen LogP) is 3.22. The number of alkyl halides is 2. The quantitative estimate of drug-likeness (QED) is 0.828. The fraction of sp³-hybridized carbons (Fsp3) is 0.533. The van der Waals surface area contributed by atoms with Gasteiger partial charge in [-0.05, 0) is 25.0 Å². The van der Waals surface area contributed by atoms with Gasteiger partial charge in [-0.25, -0.2) is 8.78 Å². The SMILES string of the molecule is Cl.NCC(F)(F)CNC(=O)C1(Sc2ccccc2)CCCC1. The second kappa shape index (κ2) is 8.13. The number of amides is 1. The van der Waals surface area contributed by atoms with E-state index in [1.54, 1.807) is 0 Å². The molecule has 0 unspecified atom stereocenters. The first-order valence-electron chi connectivity index (χ1n) is 7.08. The van der Waals surface area contributed by atoms with Crippen LogP contribution in [-0.2, 0) is 4.79 Å². The third-order valence-corrected chi connectivity index (χ3v) is 5.18. The lowest BCUT2D eigenvalue weighted by Crippen LogP contribution is -2.48. The number of carbonyl (C=O) groups excluding carboxylic acids is 1. The summed E-state index contributed by atoms with van der Waals surface area (Å²) in [5, 5.41) is 2.39. The zero-order chi connectivity index (χ0) is 15.3. The highest BCUT2D eigenvalue weighted by atomic mass is 35.5. The molecule has 0 aliphatic heterocycles. The number of nitrogens with one attached hydrogen (secondary N) is 1. The molecular weight excluding hydrogens is 330 g/mol. The van der Waals surface area contributed by atoms with Crippen molar-refractivity contribution in [2.45, 2.75) is 41.2 Å². The minimum absolute atomic E-state index is 0. The second-order valence-electron chi connectivity index (χ2n) is 5.36. The van der Waals surface area contributed by atoms with Crippen LogP contribution in [0.1, 0.15) is 25.7 Å². The van der Waals surface area contributed by atoms with E-state index in [4.69, 9.17) is 5.73 Å². The molecule has 1 saturated carbocycles. The van der Waals surface area contributed by atoms with Crippen LogP contribution in [0, 0.1) is 0 Å². The standard InChI is InChI=1S/C15H20F2N2OS.ClH/c16-15(17,10-18)11-19-13(20)14(8-4-5-9-14)21-12-6-2-1-3-7-12;/h1-3,6-7H,4-5,8-11,18H2,(H,19,20);1H. The Balaban J connectivity index is 0.00000242. The van der Waals surface area contributed by atoms with Gasteiger partial charge in [-0.3, -0.25) is 4.79 Å². The van der Waals surface area contributed by atoms with Gasteiger partial charge in [0.05, 0.1) is 17.8 Å². The summed E-state index contributed by atoms with van der Waals surface area (Å²) in [5.41, 5.74) is 5.00. The molecule has 124 valence electrons. The molecule has 22 heavy (non-hydrogen) atoms. The van der Waals surface area contributed by atoms with Crippen molar-refractivity contribution in [1.29, 1.82) is 0 Å². The number of hydrogen-bond donors (Lipinski definition) is 2. The summed E-state index contributed by atoms with van der Waals surface area (Å²) in [5.74, 6) is -3.35. The highest BCUT2D eigenvalue weighted by Crippen LogP contribution is 2.45. The van der Waals surface area contributed by atoms with E-state index in [1.807, 2.05) is 30.3 Å². The third kappa shape index (κ3) is 4.83. The van der Waals surface area contributed by atoms with Gasteiger partial charge in [-0.15, -0.1) is 24.2 Å². The fourth-order valence-corrected chi connectivity index (χ4v) is 3.88. The van der Waals surface area contributed by atoms with Crippen LogP contribution in [0.4, 0.5) is 8.78 Å². The average molecular weight is 351 g/mol. The van der Waals surface area contributed by atoms with E-state index in [0.29, 0.717) is 12.8 Å². The Morgan fingerprint density at radius 3 is 2.41 bits per heavy atom. The molecule has 3 N–H and O–H groups in total. The molecule has 1 aromatic carbocycles. The molecule has 1 aliphatic carbocycles. The minimum atomic E-state index is -3.05. The predicted molar refractivity (Wildman–Crippen MR) is 87.8 cm³/mol. The summed E-state index contributed by atoms with van der Waals surface area (Å²) < 4.78 is 25.8. The maximum atomic E-state index is 13.2. The molecule has 1 aliphatic rings. The molecule has 2 rings (SSSR count). The second-order valence-corrected chi connectivity index (χ2v) is 6.82. The van der Waals surface area contributed by atoms with E-state index in [-0.39, 0.29) is 18.3 Å². The van der Waals surface area contributed by atoms with Gasteiger partial charge in [-0.2, -0.15) is 0 Å². The maximum absolute atomic E-state index is 13.2. The Kier molecular flexibility index (Phi) is 7.09. The Bertz CT molecular complexity index is 482. The maximum Gasteiger partial charge on any atom is 0.277 e. The van der Waals surface area contributed by atoms with Gasteiger partial charge >= 0.3 is 0 Å². The number of rotatable bonds is 6. The van der Waals surface area contributed by atoms with E-state index in [0.717, 1.165) is 17.7 Å². The molecular formula is C15H21ClF2N2OS. The number of benzene rings is 1. The highest BCUT2D eigenvalue weighted by Gasteiger charge is 2.43. The van der Waals surface area contributed by atoms with E-state index in [1.165, 1.54) is 11.8 Å². The van der Waals surface area contributed by atoms with Gasteiger partial charge in [0.1, 0.15) is 0 Å². The number of hydrogen-bond acceptors (Lipinski definition) is 3. The molecule has 0 saturated heterocycles. The molecule has 0 radical (unpaired) electrons. The van der Waals surface area contributed by atoms with Crippen molar-refractivity contribution in [3.63, 3.8) is 0 Å². The van der Waals surface area contributed by atoms with Crippen molar-refractivity contribution >= 4 is 30.1 Å². The van der Waals surface area contributed by atoms with E-state index in [9.17, 15) is 13.6 Å². The molecule has 7 heteroatoms. The number of carbonyl (C=O) groups is 1. The van der Waals surface area contributed by atoms with Gasteiger partial charge in [0.25, 0.3) is 5.92 Å². The third-order valence-electron chi connectivity index (χ3n) is 3.69. The summed E-state index contributed by atoms with van der Waals surface area (Å²) in [7, 11) is 0. The first kappa shape index (κ1) is 19.2. The van der Waals surface area contributed by atoms with Crippen LogP contribution in [0.25, 0.3) is 0 Å². The molecule has 1 aromatic rings. The van der Waals surface area contributed by atoms with Gasteiger partial charge < -0.3 is 11.1 Å². The largest absolute Gasteiger partial charge is 0.349 e. The summed E-state index contributed by atoms with van der Waals surface area (Å²) in [6.07, 6.45) is 3.32. The Labute approximate surface area is 139 Å². The highest BCUT2D eigenvalue weighted by molar-refractivity contribution is 8.01. The molecule has 1 fully saturated rings. The number of nitrogens with two attached hydrogens (primary N) is 1. The summed E-state index contributed by atoms with van der Waals surface area (Å²) in [6, 6.07) is 9.60. The van der Waals surface area contributed by atoms with E-state index >= 15 is 0 Å². The Morgan fingerprint density at radius 1 is 1.27 bits per heavy atom. The van der Waals surface area contributed by atoms with Crippen LogP contribution in [-0.4, -0.2) is 29.7 Å². The van der Waals surface area contributed by atoms with Crippen LogP contribution in [0.15, 0.2) is 35.2 Å². The van der Waals surface area contributed by atoms with Crippen LogP contribution >= 0.6 is 24.2 Å². The molecule has 0 atom stereocenters. The Hall–Kier alpha value is -0.850. The van der Waals surface area contributed by atoms with Crippen molar-refractivity contribution in [2.24, 2.45) is 5.73 Å². The normalized spacial score (nSPS) is 16.9. The first-order chi connectivity index (χ1) is 9.97. The van der Waals surface area contributed by atoms with E-state index in [2.05, 4.69) is 5.32 Å². The number of thioether (sulfide) groups is 1. The van der Waals surface area contributed by atoms with Crippen LogP contribution in [0.5, 0.6) is 0 Å². The fourth-order valence-electron chi connectivity index (χ4n) is 2.48. The lowest BCUT2D eigenvalue weighted by Gasteiger charge is -2.28. The van der Waals surface area contributed by atoms with Crippen LogP contribution in [0.2, 0.25) is 0 Å². The zero-order valence-electron chi connectivity index (χ0n) is 12.2. The minimum Gasteiger partial charge on any atom is -0.349 e. The summed E-state index contributed by atoms with van der Waals surface area (Å²) in [6.45, 7) is -1.45. The molecule has 0 heterocycles. The van der Waals surface area contributed by atoms with Crippen molar-refractivity contribution in [3.8, 4) is 0 Å². The monoisotopic (exact) mass is 350 g/mol. The number of halogens is 3. The van der Waals surface area contributed by atoms with Crippen LogP contribution in [0.3, 0.4) is 0 Å². The van der Waals surface area contributed by atoms with Gasteiger partial charge in [0.2, 0.25) is 5.91 Å².